The van der Waals surface area contributed by atoms with Crippen LogP contribution in [0.2, 0.25) is 0 Å². The summed E-state index contributed by atoms with van der Waals surface area (Å²) in [7, 11) is -3.50. The smallest absolute Gasteiger partial charge is 0.243 e. The van der Waals surface area contributed by atoms with E-state index in [1.54, 1.807) is 18.2 Å². The average molecular weight is 298 g/mol. The third kappa shape index (κ3) is 2.48. The summed E-state index contributed by atoms with van der Waals surface area (Å²) in [6, 6.07) is 4.68. The highest BCUT2D eigenvalue weighted by atomic mass is 32.2. The van der Waals surface area contributed by atoms with Crippen molar-refractivity contribution < 1.29 is 17.9 Å². The minimum absolute atomic E-state index is 0.0785. The molecule has 2 aliphatic heterocycles. The molecule has 0 aliphatic carbocycles. The van der Waals surface area contributed by atoms with Crippen LogP contribution in [0.15, 0.2) is 23.1 Å². The normalized spacial score (nSPS) is 23.6. The number of ether oxygens (including phenoxy) is 2. The Labute approximate surface area is 118 Å². The number of nitrogens with two attached hydrogens (primary N) is 1. The van der Waals surface area contributed by atoms with Gasteiger partial charge < -0.3 is 15.2 Å². The summed E-state index contributed by atoms with van der Waals surface area (Å²) in [5.74, 6) is 1.09. The highest BCUT2D eigenvalue weighted by Crippen LogP contribution is 2.33. The molecular weight excluding hydrogens is 280 g/mol. The molecule has 3 rings (SSSR count). The Morgan fingerprint density at radius 2 is 1.95 bits per heavy atom. The standard InChI is InChI=1S/C13H18N2O4S/c14-10-4-5-15(9-10)20(16,17)11-2-3-12-13(8-11)19-7-1-6-18-12/h2-3,8,10H,1,4-7,9,14H2/t10-/m1/s1. The molecule has 1 fully saturated rings. The average Bonchev–Trinajstić information content (AvgIpc) is 2.74. The van der Waals surface area contributed by atoms with E-state index in [2.05, 4.69) is 0 Å². The lowest BCUT2D eigenvalue weighted by Crippen LogP contribution is -2.31. The van der Waals surface area contributed by atoms with E-state index in [9.17, 15) is 8.42 Å². The molecule has 0 bridgehead atoms. The van der Waals surface area contributed by atoms with Crippen molar-refractivity contribution in [2.24, 2.45) is 5.73 Å². The quantitative estimate of drug-likeness (QED) is 0.863. The van der Waals surface area contributed by atoms with E-state index >= 15 is 0 Å². The van der Waals surface area contributed by atoms with Crippen LogP contribution in [0.3, 0.4) is 0 Å². The number of hydrogen-bond donors (Lipinski definition) is 1. The van der Waals surface area contributed by atoms with Crippen molar-refractivity contribution in [1.82, 2.24) is 4.31 Å². The van der Waals surface area contributed by atoms with Crippen LogP contribution in [-0.4, -0.2) is 45.1 Å². The summed E-state index contributed by atoms with van der Waals surface area (Å²) in [6.07, 6.45) is 1.49. The molecule has 2 aliphatic rings. The van der Waals surface area contributed by atoms with Gasteiger partial charge in [-0.15, -0.1) is 0 Å². The first-order valence-corrected chi connectivity index (χ1v) is 8.17. The lowest BCUT2D eigenvalue weighted by atomic mass is 10.3. The predicted octanol–water partition coefficient (Wildman–Crippen LogP) is 0.570. The van der Waals surface area contributed by atoms with Gasteiger partial charge in [-0.1, -0.05) is 0 Å². The van der Waals surface area contributed by atoms with Crippen molar-refractivity contribution in [2.75, 3.05) is 26.3 Å². The second kappa shape index (κ2) is 5.23. The van der Waals surface area contributed by atoms with Crippen molar-refractivity contribution in [1.29, 1.82) is 0 Å². The van der Waals surface area contributed by atoms with E-state index in [0.717, 1.165) is 6.42 Å². The number of fused-ring (bicyclic) bond motifs is 1. The lowest BCUT2D eigenvalue weighted by Gasteiger charge is -2.17. The Kier molecular flexibility index (Phi) is 3.57. The molecule has 0 amide bonds. The summed E-state index contributed by atoms with van der Waals surface area (Å²) >= 11 is 0. The first kappa shape index (κ1) is 13.7. The SMILES string of the molecule is N[C@@H]1CCN(S(=O)(=O)c2ccc3c(c2)OCCCO3)C1. The molecule has 20 heavy (non-hydrogen) atoms. The molecule has 6 nitrogen and oxygen atoms in total. The van der Waals surface area contributed by atoms with Crippen LogP contribution in [0.4, 0.5) is 0 Å². The summed E-state index contributed by atoms with van der Waals surface area (Å²) in [5.41, 5.74) is 5.78. The molecule has 1 aromatic rings. The number of nitrogens with zero attached hydrogens (tertiary/aromatic N) is 1. The fraction of sp³-hybridized carbons (Fsp3) is 0.538. The molecule has 110 valence electrons. The highest BCUT2D eigenvalue weighted by molar-refractivity contribution is 7.89. The van der Waals surface area contributed by atoms with Crippen molar-refractivity contribution in [3.8, 4) is 11.5 Å². The molecule has 0 aromatic heterocycles. The summed E-state index contributed by atoms with van der Waals surface area (Å²) in [5, 5.41) is 0. The van der Waals surface area contributed by atoms with E-state index in [0.29, 0.717) is 44.2 Å². The number of sulfonamides is 1. The van der Waals surface area contributed by atoms with Gasteiger partial charge in [0, 0.05) is 31.6 Å². The Bertz CT molecular complexity index is 602. The van der Waals surface area contributed by atoms with Gasteiger partial charge >= 0.3 is 0 Å². The van der Waals surface area contributed by atoms with Crippen LogP contribution in [-0.2, 0) is 10.0 Å². The second-order valence-electron chi connectivity index (χ2n) is 5.07. The van der Waals surface area contributed by atoms with E-state index in [4.69, 9.17) is 15.2 Å². The molecular formula is C13H18N2O4S. The zero-order valence-corrected chi connectivity index (χ0v) is 11.9. The zero-order chi connectivity index (χ0) is 14.2. The second-order valence-corrected chi connectivity index (χ2v) is 7.01. The molecule has 0 saturated carbocycles. The molecule has 0 unspecified atom stereocenters. The molecule has 2 heterocycles. The topological polar surface area (TPSA) is 81.9 Å². The predicted molar refractivity (Wildman–Crippen MR) is 73.4 cm³/mol. The van der Waals surface area contributed by atoms with E-state index in [1.165, 1.54) is 4.31 Å². The number of rotatable bonds is 2. The Balaban J connectivity index is 1.92. The van der Waals surface area contributed by atoms with Gasteiger partial charge in [-0.05, 0) is 18.6 Å². The molecule has 1 atom stereocenters. The fourth-order valence-electron chi connectivity index (χ4n) is 2.43. The first-order chi connectivity index (χ1) is 9.57. The van der Waals surface area contributed by atoms with Gasteiger partial charge in [0.2, 0.25) is 10.0 Å². The summed E-state index contributed by atoms with van der Waals surface area (Å²) < 4.78 is 37.5. The third-order valence-electron chi connectivity index (χ3n) is 3.54. The van der Waals surface area contributed by atoms with Crippen molar-refractivity contribution in [3.05, 3.63) is 18.2 Å². The van der Waals surface area contributed by atoms with Crippen LogP contribution in [0, 0.1) is 0 Å². The number of hydrogen-bond acceptors (Lipinski definition) is 5. The van der Waals surface area contributed by atoms with Gasteiger partial charge in [-0.2, -0.15) is 4.31 Å². The molecule has 7 heteroatoms. The molecule has 1 aromatic carbocycles. The van der Waals surface area contributed by atoms with Crippen LogP contribution in [0.25, 0.3) is 0 Å². The monoisotopic (exact) mass is 298 g/mol. The molecule has 0 spiro atoms. The van der Waals surface area contributed by atoms with Gasteiger partial charge in [0.05, 0.1) is 18.1 Å². The van der Waals surface area contributed by atoms with Crippen LogP contribution < -0.4 is 15.2 Å². The highest BCUT2D eigenvalue weighted by Gasteiger charge is 2.31. The Morgan fingerprint density at radius 3 is 2.65 bits per heavy atom. The maximum Gasteiger partial charge on any atom is 0.243 e. The van der Waals surface area contributed by atoms with Crippen LogP contribution in [0.1, 0.15) is 12.8 Å². The summed E-state index contributed by atoms with van der Waals surface area (Å²) in [4.78, 5) is 0.232. The minimum atomic E-state index is -3.50. The third-order valence-corrected chi connectivity index (χ3v) is 5.41. The van der Waals surface area contributed by atoms with E-state index in [-0.39, 0.29) is 10.9 Å². The van der Waals surface area contributed by atoms with E-state index in [1.807, 2.05) is 0 Å². The largest absolute Gasteiger partial charge is 0.490 e. The summed E-state index contributed by atoms with van der Waals surface area (Å²) in [6.45, 7) is 1.96. The van der Waals surface area contributed by atoms with E-state index < -0.39 is 10.0 Å². The molecule has 0 radical (unpaired) electrons. The first-order valence-electron chi connectivity index (χ1n) is 6.73. The Hall–Kier alpha value is -1.31. The van der Waals surface area contributed by atoms with Crippen molar-refractivity contribution in [3.63, 3.8) is 0 Å². The van der Waals surface area contributed by atoms with Crippen LogP contribution >= 0.6 is 0 Å². The van der Waals surface area contributed by atoms with Gasteiger partial charge in [0.15, 0.2) is 11.5 Å². The maximum atomic E-state index is 12.5. The van der Waals surface area contributed by atoms with Crippen molar-refractivity contribution in [2.45, 2.75) is 23.8 Å². The Morgan fingerprint density at radius 1 is 1.20 bits per heavy atom. The lowest BCUT2D eigenvalue weighted by molar-refractivity contribution is 0.297. The van der Waals surface area contributed by atoms with Gasteiger partial charge in [0.25, 0.3) is 0 Å². The van der Waals surface area contributed by atoms with Gasteiger partial charge in [-0.25, -0.2) is 8.42 Å². The minimum Gasteiger partial charge on any atom is -0.490 e. The molecule has 1 saturated heterocycles. The zero-order valence-electron chi connectivity index (χ0n) is 11.1. The van der Waals surface area contributed by atoms with Gasteiger partial charge in [0.1, 0.15) is 0 Å². The fourth-order valence-corrected chi connectivity index (χ4v) is 3.95. The number of benzene rings is 1. The van der Waals surface area contributed by atoms with Crippen LogP contribution in [0.5, 0.6) is 11.5 Å². The van der Waals surface area contributed by atoms with Crippen molar-refractivity contribution >= 4 is 10.0 Å². The van der Waals surface area contributed by atoms with Gasteiger partial charge in [-0.3, -0.25) is 0 Å². The maximum absolute atomic E-state index is 12.5. The molecule has 2 N–H and O–H groups in total.